The highest BCUT2D eigenvalue weighted by Gasteiger charge is 1.79. The molecule has 0 aromatic carbocycles. The Balaban J connectivity index is 3.05. The summed E-state index contributed by atoms with van der Waals surface area (Å²) in [5, 5.41) is 0. The van der Waals surface area contributed by atoms with E-state index in [0.29, 0.717) is 0 Å². The molecule has 0 saturated heterocycles. The van der Waals surface area contributed by atoms with Gasteiger partial charge in [-0.15, -0.1) is 0 Å². The molecule has 0 aliphatic carbocycles. The number of nitrogens with two attached hydrogens (primary N) is 1. The molecule has 0 aliphatic rings. The fourth-order valence-corrected chi connectivity index (χ4v) is 0.203. The molecule has 0 atom stereocenters. The van der Waals surface area contributed by atoms with Crippen LogP contribution in [0.2, 0.25) is 0 Å². The zero-order valence-electron chi connectivity index (χ0n) is 3.01. The molecule has 1 heterocycles. The van der Waals surface area contributed by atoms with Crippen molar-refractivity contribution >= 4 is 6.01 Å². The van der Waals surface area contributed by atoms with Crippen LogP contribution in [0.1, 0.15) is 0 Å². The Morgan fingerprint density at radius 1 is 2.00 bits per heavy atom. The maximum Gasteiger partial charge on any atom is 0.292 e. The van der Waals surface area contributed by atoms with E-state index >= 15 is 0 Å². The first-order valence-corrected chi connectivity index (χ1v) is 1.46. The molecule has 6 heavy (non-hydrogen) atoms. The van der Waals surface area contributed by atoms with Crippen molar-refractivity contribution in [3.63, 3.8) is 0 Å². The van der Waals surface area contributed by atoms with Gasteiger partial charge in [-0.1, -0.05) is 0 Å². The van der Waals surface area contributed by atoms with E-state index in [1.54, 1.807) is 0 Å². The molecule has 0 saturated carbocycles. The Bertz CT molecular complexity index is 112. The fraction of sp³-hybridized carbons (Fsp3) is 0. The molecule has 1 radical (unpaired) electrons. The van der Waals surface area contributed by atoms with Gasteiger partial charge in [0.2, 0.25) is 0 Å². The van der Waals surface area contributed by atoms with Crippen molar-refractivity contribution in [2.75, 3.05) is 5.73 Å². The van der Waals surface area contributed by atoms with Crippen LogP contribution in [-0.4, -0.2) is 4.98 Å². The fourth-order valence-electron chi connectivity index (χ4n) is 0.203. The second kappa shape index (κ2) is 1.01. The predicted molar refractivity (Wildman–Crippen MR) is 19.8 cm³/mol. The molecule has 31 valence electrons. The summed E-state index contributed by atoms with van der Waals surface area (Å²) in [4.78, 5) is 3.40. The Morgan fingerprint density at radius 3 is 3.00 bits per heavy atom. The molecule has 3 nitrogen and oxygen atoms in total. The van der Waals surface area contributed by atoms with E-state index in [0.717, 1.165) is 0 Å². The summed E-state index contributed by atoms with van der Waals surface area (Å²) in [6.45, 7) is 0. The summed E-state index contributed by atoms with van der Waals surface area (Å²) in [6.07, 6.45) is 3.69. The van der Waals surface area contributed by atoms with Gasteiger partial charge in [0, 0.05) is 0 Å². The highest BCUT2D eigenvalue weighted by Crippen LogP contribution is 1.89. The second-order valence-electron chi connectivity index (χ2n) is 0.815. The Hall–Kier alpha value is -0.990. The van der Waals surface area contributed by atoms with E-state index in [2.05, 4.69) is 15.6 Å². The third-order valence-electron chi connectivity index (χ3n) is 0.407. The average Bonchev–Trinajstić information content (AvgIpc) is 1.86. The van der Waals surface area contributed by atoms with E-state index in [1.807, 2.05) is 0 Å². The Kier molecular flexibility index (Phi) is 0.538. The molecule has 0 aliphatic heterocycles. The summed E-state index contributed by atoms with van der Waals surface area (Å²) in [7, 11) is 0. The van der Waals surface area contributed by atoms with E-state index in [9.17, 15) is 0 Å². The summed E-state index contributed by atoms with van der Waals surface area (Å²) in [6, 6.07) is 0.162. The molecule has 0 amide bonds. The number of aromatic nitrogens is 1. The predicted octanol–water partition coefficient (Wildman–Crippen LogP) is 0.0570. The van der Waals surface area contributed by atoms with E-state index in [4.69, 9.17) is 5.73 Å². The number of nitrogen functional groups attached to an aromatic ring is 1. The molecule has 0 unspecified atom stereocenters. The van der Waals surface area contributed by atoms with Gasteiger partial charge in [0.25, 0.3) is 6.01 Å². The van der Waals surface area contributed by atoms with Crippen LogP contribution in [-0.2, 0) is 0 Å². The van der Waals surface area contributed by atoms with Crippen LogP contribution >= 0.6 is 0 Å². The monoisotopic (exact) mass is 83.0 g/mol. The summed E-state index contributed by atoms with van der Waals surface area (Å²) < 4.78 is 4.44. The minimum absolute atomic E-state index is 0.162. The van der Waals surface area contributed by atoms with Crippen molar-refractivity contribution < 1.29 is 4.42 Å². The van der Waals surface area contributed by atoms with Crippen molar-refractivity contribution in [3.05, 3.63) is 12.5 Å². The number of oxazole rings is 1. The molecule has 2 N–H and O–H groups in total. The third kappa shape index (κ3) is 0.337. The zero-order chi connectivity index (χ0) is 4.41. The lowest BCUT2D eigenvalue weighted by molar-refractivity contribution is 0.580. The lowest BCUT2D eigenvalue weighted by Crippen LogP contribution is -1.79. The highest BCUT2D eigenvalue weighted by atomic mass is 16.3. The molecule has 1 aromatic rings. The molecular weight excluding hydrogens is 80.0 g/mol. The minimum atomic E-state index is 0.162. The standard InChI is InChI=1S/C3H3N2O/c4-3-5-1-2-6-3/h2H,(H2,4,5). The summed E-state index contributed by atoms with van der Waals surface area (Å²) >= 11 is 0. The van der Waals surface area contributed by atoms with Crippen molar-refractivity contribution in [3.8, 4) is 0 Å². The number of rotatable bonds is 0. The van der Waals surface area contributed by atoms with Gasteiger partial charge < -0.3 is 10.2 Å². The maximum atomic E-state index is 4.97. The van der Waals surface area contributed by atoms with Gasteiger partial charge in [0.15, 0.2) is 0 Å². The summed E-state index contributed by atoms with van der Waals surface area (Å²) in [5.41, 5.74) is 4.97. The van der Waals surface area contributed by atoms with Crippen molar-refractivity contribution in [1.29, 1.82) is 0 Å². The van der Waals surface area contributed by atoms with Crippen LogP contribution in [0, 0.1) is 6.20 Å². The molecule has 1 rings (SSSR count). The van der Waals surface area contributed by atoms with Gasteiger partial charge in [0.1, 0.15) is 12.5 Å². The van der Waals surface area contributed by atoms with Crippen LogP contribution in [0.25, 0.3) is 0 Å². The normalized spacial score (nSPS) is 8.67. The van der Waals surface area contributed by atoms with Crippen LogP contribution in [0.15, 0.2) is 10.7 Å². The minimum Gasteiger partial charge on any atom is -0.432 e. The average molecular weight is 83.1 g/mol. The third-order valence-corrected chi connectivity index (χ3v) is 0.407. The van der Waals surface area contributed by atoms with Gasteiger partial charge in [-0.2, -0.15) is 4.98 Å². The van der Waals surface area contributed by atoms with Crippen molar-refractivity contribution in [2.45, 2.75) is 0 Å². The van der Waals surface area contributed by atoms with Crippen LogP contribution in [0.4, 0.5) is 6.01 Å². The van der Waals surface area contributed by atoms with Crippen LogP contribution in [0.5, 0.6) is 0 Å². The SMILES string of the molecule is Nc1n[c]co1. The van der Waals surface area contributed by atoms with Crippen molar-refractivity contribution in [1.82, 2.24) is 4.98 Å². The number of nitrogens with zero attached hydrogens (tertiary/aromatic N) is 1. The lowest BCUT2D eigenvalue weighted by atomic mass is 11.0. The molecule has 0 spiro atoms. The number of hydrogen-bond acceptors (Lipinski definition) is 3. The molecular formula is C3H3N2O. The number of hydrogen-bond donors (Lipinski definition) is 1. The van der Waals surface area contributed by atoms with Gasteiger partial charge in [-0.05, 0) is 0 Å². The second-order valence-corrected chi connectivity index (χ2v) is 0.815. The molecule has 0 fully saturated rings. The quantitative estimate of drug-likeness (QED) is 0.482. The Morgan fingerprint density at radius 2 is 2.83 bits per heavy atom. The molecule has 1 aromatic heterocycles. The van der Waals surface area contributed by atoms with Gasteiger partial charge in [0.05, 0.1) is 0 Å². The van der Waals surface area contributed by atoms with E-state index in [-0.39, 0.29) is 6.01 Å². The van der Waals surface area contributed by atoms with Gasteiger partial charge in [-0.25, -0.2) is 0 Å². The van der Waals surface area contributed by atoms with Gasteiger partial charge >= 0.3 is 0 Å². The number of anilines is 1. The summed E-state index contributed by atoms with van der Waals surface area (Å²) in [5.74, 6) is 0. The van der Waals surface area contributed by atoms with E-state index in [1.165, 1.54) is 6.26 Å². The first-order valence-electron chi connectivity index (χ1n) is 1.46. The molecule has 3 heteroatoms. The van der Waals surface area contributed by atoms with Crippen LogP contribution in [0.3, 0.4) is 0 Å². The van der Waals surface area contributed by atoms with Crippen LogP contribution < -0.4 is 5.73 Å². The molecule has 0 bridgehead atoms. The first kappa shape index (κ1) is 3.21. The van der Waals surface area contributed by atoms with E-state index < -0.39 is 0 Å². The van der Waals surface area contributed by atoms with Crippen molar-refractivity contribution in [2.24, 2.45) is 0 Å². The zero-order valence-corrected chi connectivity index (χ0v) is 3.01. The maximum absolute atomic E-state index is 4.97. The smallest absolute Gasteiger partial charge is 0.292 e. The van der Waals surface area contributed by atoms with Gasteiger partial charge in [-0.3, -0.25) is 0 Å². The first-order chi connectivity index (χ1) is 2.89. The Labute approximate surface area is 34.8 Å². The lowest BCUT2D eigenvalue weighted by Gasteiger charge is -1.68. The highest BCUT2D eigenvalue weighted by molar-refractivity contribution is 5.04. The largest absolute Gasteiger partial charge is 0.432 e. The topological polar surface area (TPSA) is 52.0 Å².